The van der Waals surface area contributed by atoms with E-state index in [1.54, 1.807) is 0 Å². The van der Waals surface area contributed by atoms with Gasteiger partial charge in [-0.05, 0) is 57.9 Å². The van der Waals surface area contributed by atoms with Gasteiger partial charge in [-0.15, -0.1) is 0 Å². The summed E-state index contributed by atoms with van der Waals surface area (Å²) in [7, 11) is 0. The van der Waals surface area contributed by atoms with Crippen molar-refractivity contribution < 1.29 is 9.53 Å². The maximum atomic E-state index is 11.9. The van der Waals surface area contributed by atoms with Crippen LogP contribution in [0.15, 0.2) is 28.7 Å². The van der Waals surface area contributed by atoms with Gasteiger partial charge in [-0.2, -0.15) is 0 Å². The molecule has 5 heteroatoms. The van der Waals surface area contributed by atoms with Crippen molar-refractivity contribution >= 4 is 27.7 Å². The van der Waals surface area contributed by atoms with E-state index in [9.17, 15) is 4.79 Å². The molecule has 1 aromatic carbocycles. The molecule has 0 saturated carbocycles. The normalized spacial score (nSPS) is 19.2. The predicted molar refractivity (Wildman–Crippen MR) is 88.7 cm³/mol. The summed E-state index contributed by atoms with van der Waals surface area (Å²) < 4.78 is 6.40. The highest BCUT2D eigenvalue weighted by molar-refractivity contribution is 9.10. The molecule has 21 heavy (non-hydrogen) atoms. The number of piperidine rings is 1. The molecule has 1 aromatic rings. The number of nitrogens with zero attached hydrogens (tertiary/aromatic N) is 1. The summed E-state index contributed by atoms with van der Waals surface area (Å²) >= 11 is 3.45. The molecule has 1 aliphatic rings. The van der Waals surface area contributed by atoms with Crippen LogP contribution in [-0.2, 0) is 4.74 Å². The highest BCUT2D eigenvalue weighted by atomic mass is 79.9. The Balaban J connectivity index is 1.91. The third-order valence-corrected chi connectivity index (χ3v) is 3.86. The second kappa shape index (κ2) is 6.69. The van der Waals surface area contributed by atoms with E-state index in [4.69, 9.17) is 4.74 Å². The molecule has 116 valence electrons. The quantitative estimate of drug-likeness (QED) is 0.874. The zero-order chi connectivity index (χ0) is 15.5. The number of alkyl carbamates (subject to hydrolysis) is 1. The molecule has 1 fully saturated rings. The summed E-state index contributed by atoms with van der Waals surface area (Å²) in [6, 6.07) is 8.41. The van der Waals surface area contributed by atoms with E-state index in [2.05, 4.69) is 38.3 Å². The summed E-state index contributed by atoms with van der Waals surface area (Å²) in [5, 5.41) is 2.97. The van der Waals surface area contributed by atoms with Crippen molar-refractivity contribution in [3.8, 4) is 0 Å². The fraction of sp³-hybridized carbons (Fsp3) is 0.562. The minimum Gasteiger partial charge on any atom is -0.444 e. The van der Waals surface area contributed by atoms with Crippen LogP contribution in [0.2, 0.25) is 0 Å². The Morgan fingerprint density at radius 1 is 1.33 bits per heavy atom. The lowest BCUT2D eigenvalue weighted by Crippen LogP contribution is -2.49. The molecule has 1 heterocycles. The summed E-state index contributed by atoms with van der Waals surface area (Å²) in [6.45, 7) is 7.47. The largest absolute Gasteiger partial charge is 0.444 e. The molecule has 1 saturated heterocycles. The highest BCUT2D eigenvalue weighted by Crippen LogP contribution is 2.22. The first-order valence-electron chi connectivity index (χ1n) is 7.33. The lowest BCUT2D eigenvalue weighted by Gasteiger charge is -2.35. The zero-order valence-corrected chi connectivity index (χ0v) is 14.4. The number of nitrogens with one attached hydrogen (secondary N) is 1. The Kier molecular flexibility index (Phi) is 5.14. The van der Waals surface area contributed by atoms with Gasteiger partial charge in [-0.25, -0.2) is 4.79 Å². The molecule has 2 rings (SSSR count). The fourth-order valence-corrected chi connectivity index (χ4v) is 2.72. The molecule has 1 amide bonds. The maximum absolute atomic E-state index is 11.9. The van der Waals surface area contributed by atoms with Gasteiger partial charge in [0, 0.05) is 29.3 Å². The van der Waals surface area contributed by atoms with Crippen LogP contribution in [-0.4, -0.2) is 30.8 Å². The van der Waals surface area contributed by atoms with Crippen molar-refractivity contribution in [3.63, 3.8) is 0 Å². The number of benzene rings is 1. The van der Waals surface area contributed by atoms with Gasteiger partial charge >= 0.3 is 6.09 Å². The van der Waals surface area contributed by atoms with Crippen molar-refractivity contribution in [2.75, 3.05) is 18.0 Å². The first-order valence-corrected chi connectivity index (χ1v) is 8.13. The van der Waals surface area contributed by atoms with Crippen LogP contribution in [0.4, 0.5) is 10.5 Å². The van der Waals surface area contributed by atoms with Crippen molar-refractivity contribution in [1.29, 1.82) is 0 Å². The Morgan fingerprint density at radius 2 is 2.00 bits per heavy atom. The minimum atomic E-state index is -0.454. The van der Waals surface area contributed by atoms with Crippen LogP contribution in [0, 0.1) is 0 Å². The second-order valence-corrected chi connectivity index (χ2v) is 7.32. The van der Waals surface area contributed by atoms with E-state index in [-0.39, 0.29) is 12.1 Å². The highest BCUT2D eigenvalue weighted by Gasteiger charge is 2.24. The van der Waals surface area contributed by atoms with Crippen molar-refractivity contribution in [3.05, 3.63) is 28.7 Å². The average Bonchev–Trinajstić information content (AvgIpc) is 2.37. The van der Waals surface area contributed by atoms with Crippen molar-refractivity contribution in [2.45, 2.75) is 45.3 Å². The number of carbonyl (C=O) groups is 1. The van der Waals surface area contributed by atoms with Crippen LogP contribution in [0.1, 0.15) is 33.6 Å². The first-order chi connectivity index (χ1) is 9.83. The Morgan fingerprint density at radius 3 is 2.62 bits per heavy atom. The summed E-state index contributed by atoms with van der Waals surface area (Å²) in [5.74, 6) is 0. The molecule has 0 unspecified atom stereocenters. The average molecular weight is 355 g/mol. The monoisotopic (exact) mass is 354 g/mol. The van der Waals surface area contributed by atoms with Gasteiger partial charge < -0.3 is 15.0 Å². The molecule has 1 atom stereocenters. The lowest BCUT2D eigenvalue weighted by molar-refractivity contribution is 0.0500. The number of rotatable bonds is 2. The van der Waals surface area contributed by atoms with Crippen molar-refractivity contribution in [2.24, 2.45) is 0 Å². The number of carbonyl (C=O) groups excluding carboxylic acids is 1. The van der Waals surface area contributed by atoms with Gasteiger partial charge in [-0.3, -0.25) is 0 Å². The molecular weight excluding hydrogens is 332 g/mol. The molecule has 0 spiro atoms. The van der Waals surface area contributed by atoms with Gasteiger partial charge in [0.2, 0.25) is 0 Å². The molecule has 0 aromatic heterocycles. The van der Waals surface area contributed by atoms with E-state index < -0.39 is 5.60 Å². The van der Waals surface area contributed by atoms with Gasteiger partial charge in [0.1, 0.15) is 5.60 Å². The summed E-state index contributed by atoms with van der Waals surface area (Å²) in [4.78, 5) is 14.2. The van der Waals surface area contributed by atoms with Crippen LogP contribution in [0.3, 0.4) is 0 Å². The van der Waals surface area contributed by atoms with E-state index in [1.807, 2.05) is 32.9 Å². The Labute approximate surface area is 135 Å². The van der Waals surface area contributed by atoms with Crippen LogP contribution < -0.4 is 10.2 Å². The molecule has 0 bridgehead atoms. The van der Waals surface area contributed by atoms with Crippen molar-refractivity contribution in [1.82, 2.24) is 5.32 Å². The molecule has 0 aliphatic carbocycles. The van der Waals surface area contributed by atoms with E-state index >= 15 is 0 Å². The topological polar surface area (TPSA) is 41.6 Å². The Bertz CT molecular complexity index is 482. The molecule has 1 N–H and O–H groups in total. The number of amides is 1. The van der Waals surface area contributed by atoms with E-state index in [0.717, 1.165) is 30.4 Å². The third-order valence-electron chi connectivity index (χ3n) is 3.33. The number of hydrogen-bond acceptors (Lipinski definition) is 3. The zero-order valence-electron chi connectivity index (χ0n) is 12.9. The number of anilines is 1. The third kappa shape index (κ3) is 5.23. The standard InChI is InChI=1S/C16H23BrN2O2/c1-16(2,3)21-15(20)18-13-5-4-10-19(11-13)14-8-6-12(17)7-9-14/h6-9,13H,4-5,10-11H2,1-3H3,(H,18,20)/t13-/m1/s1. The number of hydrogen-bond donors (Lipinski definition) is 1. The van der Waals surface area contributed by atoms with E-state index in [0.29, 0.717) is 0 Å². The van der Waals surface area contributed by atoms with Crippen LogP contribution in [0.25, 0.3) is 0 Å². The smallest absolute Gasteiger partial charge is 0.407 e. The SMILES string of the molecule is CC(C)(C)OC(=O)N[C@@H]1CCCN(c2ccc(Br)cc2)C1. The first kappa shape index (κ1) is 16.1. The molecular formula is C16H23BrN2O2. The molecule has 0 radical (unpaired) electrons. The van der Waals surface area contributed by atoms with Crippen LogP contribution >= 0.6 is 15.9 Å². The number of halogens is 1. The van der Waals surface area contributed by atoms with Gasteiger partial charge in [0.15, 0.2) is 0 Å². The fourth-order valence-electron chi connectivity index (χ4n) is 2.46. The van der Waals surface area contributed by atoms with Gasteiger partial charge in [-0.1, -0.05) is 15.9 Å². The second-order valence-electron chi connectivity index (χ2n) is 6.41. The number of ether oxygens (including phenoxy) is 1. The summed E-state index contributed by atoms with van der Waals surface area (Å²) in [5.41, 5.74) is 0.735. The molecule has 4 nitrogen and oxygen atoms in total. The minimum absolute atomic E-state index is 0.136. The van der Waals surface area contributed by atoms with Gasteiger partial charge in [0.25, 0.3) is 0 Å². The molecule has 1 aliphatic heterocycles. The van der Waals surface area contributed by atoms with Gasteiger partial charge in [0.05, 0.1) is 0 Å². The predicted octanol–water partition coefficient (Wildman–Crippen LogP) is 3.94. The van der Waals surface area contributed by atoms with Crippen LogP contribution in [0.5, 0.6) is 0 Å². The lowest BCUT2D eigenvalue weighted by atomic mass is 10.1. The van der Waals surface area contributed by atoms with E-state index in [1.165, 1.54) is 5.69 Å². The maximum Gasteiger partial charge on any atom is 0.407 e. The Hall–Kier alpha value is -1.23. The summed E-state index contributed by atoms with van der Waals surface area (Å²) in [6.07, 6.45) is 1.73.